The normalized spacial score (nSPS) is 17.1. The molecule has 0 bridgehead atoms. The first-order chi connectivity index (χ1) is 13.2. The molecule has 1 unspecified atom stereocenters. The van der Waals surface area contributed by atoms with Gasteiger partial charge in [0.1, 0.15) is 11.5 Å². The van der Waals surface area contributed by atoms with E-state index in [1.165, 1.54) is 6.38 Å². The molecule has 2 aromatic carbocycles. The molecule has 28 heavy (non-hydrogen) atoms. The van der Waals surface area contributed by atoms with Crippen LogP contribution in [0.4, 0.5) is 0 Å². The molecule has 3 aromatic rings. The monoisotopic (exact) mass is 400 g/mol. The second-order valence-corrected chi connectivity index (χ2v) is 6.55. The second-order valence-electron chi connectivity index (χ2n) is 6.55. The lowest BCUT2D eigenvalue weighted by Crippen LogP contribution is -2.33. The fourth-order valence-electron chi connectivity index (χ4n) is 3.68. The van der Waals surface area contributed by atoms with E-state index in [0.29, 0.717) is 13.0 Å². The number of alkyl halides is 1. The number of halogens is 1. The molecule has 6 heteroatoms. The lowest BCUT2D eigenvalue weighted by molar-refractivity contribution is -0.145. The van der Waals surface area contributed by atoms with Crippen LogP contribution in [-0.2, 0) is 21.5 Å². The zero-order chi connectivity index (χ0) is 19.3. The summed E-state index contributed by atoms with van der Waals surface area (Å²) in [4.78, 5) is 13.1. The van der Waals surface area contributed by atoms with Gasteiger partial charge in [-0.2, -0.15) is 5.10 Å². The van der Waals surface area contributed by atoms with Crippen LogP contribution >= 0.6 is 11.6 Å². The molecule has 1 saturated heterocycles. The van der Waals surface area contributed by atoms with Crippen LogP contribution in [0.15, 0.2) is 72.9 Å². The first-order valence-corrected chi connectivity index (χ1v) is 9.64. The molecule has 0 amide bonds. The van der Waals surface area contributed by atoms with Gasteiger partial charge in [-0.05, 0) is 24.1 Å². The summed E-state index contributed by atoms with van der Waals surface area (Å²) in [6.07, 6.45) is 3.81. The molecule has 1 aliphatic heterocycles. The summed E-state index contributed by atoms with van der Waals surface area (Å²) < 4.78 is 7.65. The van der Waals surface area contributed by atoms with Crippen molar-refractivity contribution in [2.45, 2.75) is 31.4 Å². The number of benzene rings is 2. The number of esters is 1. The van der Waals surface area contributed by atoms with E-state index in [1.807, 2.05) is 84.5 Å². The highest BCUT2D eigenvalue weighted by Crippen LogP contribution is 2.43. The fourth-order valence-corrected chi connectivity index (χ4v) is 3.68. The number of cyclic esters (lactones) is 1. The average Bonchev–Trinajstić information content (AvgIpc) is 3.28. The topological polar surface area (TPSA) is 75.6 Å². The third-order valence-electron chi connectivity index (χ3n) is 4.85. The van der Waals surface area contributed by atoms with Crippen molar-refractivity contribution in [3.8, 4) is 0 Å². The molecule has 0 aliphatic carbocycles. The Morgan fingerprint density at radius 1 is 1.04 bits per heavy atom. The molecule has 148 valence electrons. The standard InChI is InChI=1S/C21H20N2O2.CH3Cl.H2O/c1-16-12-13-23(22-16)15-19-14-21(20(24)25-19,17-8-4-2-5-9-17)18-10-6-3-7-11-18;1-2;/h2-13,19H,14-15H2,1H3;1H3;1H2. The number of aryl methyl sites for hydroxylation is 1. The van der Waals surface area contributed by atoms with Crippen molar-refractivity contribution < 1.29 is 15.0 Å². The van der Waals surface area contributed by atoms with Crippen LogP contribution in [0, 0.1) is 6.92 Å². The van der Waals surface area contributed by atoms with Crippen molar-refractivity contribution in [2.24, 2.45) is 0 Å². The summed E-state index contributed by atoms with van der Waals surface area (Å²) in [5, 5.41) is 4.42. The largest absolute Gasteiger partial charge is 0.459 e. The highest BCUT2D eigenvalue weighted by molar-refractivity contribution is 6.15. The predicted octanol–water partition coefficient (Wildman–Crippen LogP) is 3.52. The van der Waals surface area contributed by atoms with Crippen molar-refractivity contribution in [2.75, 3.05) is 6.38 Å². The Kier molecular flexibility index (Phi) is 7.38. The minimum absolute atomic E-state index is 0. The molecule has 1 atom stereocenters. The summed E-state index contributed by atoms with van der Waals surface area (Å²) in [7, 11) is 0. The number of hydrogen-bond donors (Lipinski definition) is 0. The molecule has 0 saturated carbocycles. The number of nitrogens with zero attached hydrogens (tertiary/aromatic N) is 2. The highest BCUT2D eigenvalue weighted by Gasteiger charge is 2.51. The van der Waals surface area contributed by atoms with Gasteiger partial charge in [0.15, 0.2) is 0 Å². The van der Waals surface area contributed by atoms with E-state index in [-0.39, 0.29) is 17.5 Å². The molecule has 4 rings (SSSR count). The Bertz CT molecular complexity index is 842. The van der Waals surface area contributed by atoms with Gasteiger partial charge < -0.3 is 10.2 Å². The van der Waals surface area contributed by atoms with Gasteiger partial charge in [0.25, 0.3) is 0 Å². The maximum Gasteiger partial charge on any atom is 0.321 e. The van der Waals surface area contributed by atoms with Gasteiger partial charge in [-0.1, -0.05) is 60.7 Å². The number of aromatic nitrogens is 2. The molecule has 1 fully saturated rings. The second kappa shape index (κ2) is 9.53. The summed E-state index contributed by atoms with van der Waals surface area (Å²) in [6.45, 7) is 2.52. The molecule has 1 aromatic heterocycles. The molecule has 2 N–H and O–H groups in total. The van der Waals surface area contributed by atoms with Gasteiger partial charge in [-0.15, -0.1) is 11.6 Å². The average molecular weight is 401 g/mol. The third-order valence-corrected chi connectivity index (χ3v) is 4.85. The van der Waals surface area contributed by atoms with Gasteiger partial charge in [0.05, 0.1) is 12.2 Å². The zero-order valence-electron chi connectivity index (χ0n) is 16.0. The van der Waals surface area contributed by atoms with Crippen molar-refractivity contribution in [3.05, 3.63) is 89.7 Å². The molecular weight excluding hydrogens is 376 g/mol. The maximum absolute atomic E-state index is 13.1. The van der Waals surface area contributed by atoms with Crippen LogP contribution in [0.25, 0.3) is 0 Å². The minimum Gasteiger partial charge on any atom is -0.459 e. The summed E-state index contributed by atoms with van der Waals surface area (Å²) >= 11 is 4.64. The van der Waals surface area contributed by atoms with Crippen LogP contribution in [-0.4, -0.2) is 33.7 Å². The van der Waals surface area contributed by atoms with Crippen molar-refractivity contribution in [1.29, 1.82) is 0 Å². The molecule has 5 nitrogen and oxygen atoms in total. The quantitative estimate of drug-likeness (QED) is 0.496. The van der Waals surface area contributed by atoms with E-state index in [0.717, 1.165) is 16.8 Å². The molecule has 2 heterocycles. The smallest absolute Gasteiger partial charge is 0.321 e. The maximum atomic E-state index is 13.1. The summed E-state index contributed by atoms with van der Waals surface area (Å²) in [5.41, 5.74) is 2.16. The SMILES string of the molecule is CCl.Cc1ccn(CC2CC(c3ccccc3)(c3ccccc3)C(=O)O2)n1.O. The number of ether oxygens (including phenoxy) is 1. The number of hydrogen-bond acceptors (Lipinski definition) is 3. The Morgan fingerprint density at radius 2 is 1.57 bits per heavy atom. The first-order valence-electron chi connectivity index (χ1n) is 8.88. The lowest BCUT2D eigenvalue weighted by atomic mass is 9.72. The van der Waals surface area contributed by atoms with Gasteiger partial charge in [0.2, 0.25) is 0 Å². The van der Waals surface area contributed by atoms with Crippen LogP contribution < -0.4 is 0 Å². The van der Waals surface area contributed by atoms with Gasteiger partial charge >= 0.3 is 5.97 Å². The van der Waals surface area contributed by atoms with Crippen molar-refractivity contribution in [3.63, 3.8) is 0 Å². The Hall–Kier alpha value is -2.63. The lowest BCUT2D eigenvalue weighted by Gasteiger charge is -2.26. The first kappa shape index (κ1) is 21.7. The van der Waals surface area contributed by atoms with Crippen LogP contribution in [0.1, 0.15) is 23.2 Å². The predicted molar refractivity (Wildman–Crippen MR) is 111 cm³/mol. The molecular formula is C22H25ClN2O3. The minimum atomic E-state index is -0.755. The fraction of sp³-hybridized carbons (Fsp3) is 0.273. The Labute approximate surface area is 170 Å². The van der Waals surface area contributed by atoms with Crippen molar-refractivity contribution >= 4 is 17.6 Å². The Morgan fingerprint density at radius 3 is 2.04 bits per heavy atom. The van der Waals surface area contributed by atoms with E-state index in [9.17, 15) is 4.79 Å². The molecule has 0 spiro atoms. The van der Waals surface area contributed by atoms with Gasteiger partial charge in [-0.3, -0.25) is 9.48 Å². The summed E-state index contributed by atoms with van der Waals surface area (Å²) in [5.74, 6) is -0.182. The number of rotatable bonds is 4. The van der Waals surface area contributed by atoms with E-state index < -0.39 is 5.41 Å². The van der Waals surface area contributed by atoms with E-state index in [4.69, 9.17) is 4.74 Å². The third kappa shape index (κ3) is 4.11. The van der Waals surface area contributed by atoms with Crippen LogP contribution in [0.2, 0.25) is 0 Å². The van der Waals surface area contributed by atoms with Crippen molar-refractivity contribution in [1.82, 2.24) is 9.78 Å². The summed E-state index contributed by atoms with van der Waals surface area (Å²) in [6, 6.07) is 21.8. The van der Waals surface area contributed by atoms with E-state index >= 15 is 0 Å². The molecule has 0 radical (unpaired) electrons. The highest BCUT2D eigenvalue weighted by atomic mass is 35.5. The van der Waals surface area contributed by atoms with Gasteiger partial charge in [0, 0.05) is 19.0 Å². The number of carbonyl (C=O) groups is 1. The van der Waals surface area contributed by atoms with E-state index in [1.54, 1.807) is 0 Å². The van der Waals surface area contributed by atoms with E-state index in [2.05, 4.69) is 16.7 Å². The number of carbonyl (C=O) groups excluding carboxylic acids is 1. The van der Waals surface area contributed by atoms with Crippen LogP contribution in [0.3, 0.4) is 0 Å². The molecule has 1 aliphatic rings. The van der Waals surface area contributed by atoms with Gasteiger partial charge in [-0.25, -0.2) is 0 Å². The van der Waals surface area contributed by atoms with Crippen LogP contribution in [0.5, 0.6) is 0 Å². The Balaban J connectivity index is 0.000000906. The zero-order valence-corrected chi connectivity index (χ0v) is 16.8.